The summed E-state index contributed by atoms with van der Waals surface area (Å²) in [6, 6.07) is 6.54. The highest BCUT2D eigenvalue weighted by molar-refractivity contribution is 7.09. The van der Waals surface area contributed by atoms with Crippen molar-refractivity contribution in [3.05, 3.63) is 40.7 Å². The average Bonchev–Trinajstić information content (AvgIpc) is 2.79. The number of aromatic nitrogens is 1. The highest BCUT2D eigenvalue weighted by atomic mass is 32.1. The molecule has 0 unspecified atom stereocenters. The number of alkyl halides is 3. The lowest BCUT2D eigenvalue weighted by molar-refractivity contribution is -0.274. The quantitative estimate of drug-likeness (QED) is 0.924. The number of hydrogen-bond acceptors (Lipinski definition) is 4. The van der Waals surface area contributed by atoms with Crippen LogP contribution in [0.1, 0.15) is 4.88 Å². The summed E-state index contributed by atoms with van der Waals surface area (Å²) >= 11 is 1.59. The Bertz CT molecular complexity index is 482. The van der Waals surface area contributed by atoms with Crippen molar-refractivity contribution in [2.24, 2.45) is 0 Å². The molecule has 2 rings (SSSR count). The van der Waals surface area contributed by atoms with E-state index in [-0.39, 0.29) is 5.75 Å². The number of hydrogen-bond donors (Lipinski definition) is 1. The minimum absolute atomic E-state index is 0.329. The second-order valence-corrected chi connectivity index (χ2v) is 4.39. The van der Waals surface area contributed by atoms with Crippen LogP contribution >= 0.6 is 11.3 Å². The third-order valence-electron chi connectivity index (χ3n) is 1.99. The molecule has 0 saturated heterocycles. The molecule has 96 valence electrons. The monoisotopic (exact) mass is 274 g/mol. The molecular formula is C11H9F3N2OS. The van der Waals surface area contributed by atoms with Gasteiger partial charge < -0.3 is 10.1 Å². The van der Waals surface area contributed by atoms with Crippen molar-refractivity contribution in [3.8, 4) is 5.75 Å². The predicted molar refractivity (Wildman–Crippen MR) is 62.6 cm³/mol. The number of anilines is 1. The van der Waals surface area contributed by atoms with Gasteiger partial charge in [0.2, 0.25) is 0 Å². The molecule has 0 saturated carbocycles. The van der Waals surface area contributed by atoms with E-state index in [1.165, 1.54) is 12.1 Å². The van der Waals surface area contributed by atoms with Crippen molar-refractivity contribution in [1.82, 2.24) is 4.98 Å². The van der Waals surface area contributed by atoms with Crippen LogP contribution in [0.5, 0.6) is 5.75 Å². The van der Waals surface area contributed by atoms with E-state index in [0.29, 0.717) is 12.4 Å². The maximum Gasteiger partial charge on any atom is 0.573 e. The molecule has 0 atom stereocenters. The van der Waals surface area contributed by atoms with E-state index >= 15 is 0 Å². The third-order valence-corrected chi connectivity index (χ3v) is 2.87. The molecule has 0 aromatic carbocycles. The zero-order chi connectivity index (χ0) is 13.0. The van der Waals surface area contributed by atoms with Gasteiger partial charge in [-0.15, -0.1) is 24.5 Å². The summed E-state index contributed by atoms with van der Waals surface area (Å²) in [4.78, 5) is 4.95. The molecule has 18 heavy (non-hydrogen) atoms. The molecule has 0 aliphatic carbocycles. The highest BCUT2D eigenvalue weighted by Gasteiger charge is 2.31. The van der Waals surface area contributed by atoms with Crippen LogP contribution in [-0.2, 0) is 6.54 Å². The largest absolute Gasteiger partial charge is 0.573 e. The van der Waals surface area contributed by atoms with Gasteiger partial charge in [0, 0.05) is 4.88 Å². The van der Waals surface area contributed by atoms with Crippen LogP contribution in [0, 0.1) is 0 Å². The number of nitrogens with zero attached hydrogens (tertiary/aromatic N) is 1. The number of halogens is 3. The van der Waals surface area contributed by atoms with E-state index in [1.54, 1.807) is 11.3 Å². The Morgan fingerprint density at radius 1 is 1.28 bits per heavy atom. The highest BCUT2D eigenvalue weighted by Crippen LogP contribution is 2.22. The first kappa shape index (κ1) is 12.7. The second kappa shape index (κ2) is 5.26. The molecular weight excluding hydrogens is 265 g/mol. The van der Waals surface area contributed by atoms with Crippen LogP contribution in [0.3, 0.4) is 0 Å². The maximum absolute atomic E-state index is 11.9. The lowest BCUT2D eigenvalue weighted by atomic mass is 10.4. The Balaban J connectivity index is 1.91. The minimum Gasteiger partial charge on any atom is -0.404 e. The van der Waals surface area contributed by atoms with Crippen LogP contribution in [0.2, 0.25) is 0 Å². The van der Waals surface area contributed by atoms with E-state index in [9.17, 15) is 13.2 Å². The first-order valence-electron chi connectivity index (χ1n) is 5.01. The molecule has 0 radical (unpaired) electrons. The minimum atomic E-state index is -4.69. The fourth-order valence-electron chi connectivity index (χ4n) is 1.27. The topological polar surface area (TPSA) is 34.1 Å². The van der Waals surface area contributed by atoms with Crippen LogP contribution in [0.4, 0.5) is 19.0 Å². The fraction of sp³-hybridized carbons (Fsp3) is 0.182. The van der Waals surface area contributed by atoms with E-state index in [0.717, 1.165) is 11.1 Å². The first-order chi connectivity index (χ1) is 8.53. The molecule has 7 heteroatoms. The molecule has 2 aromatic rings. The van der Waals surface area contributed by atoms with Crippen molar-refractivity contribution < 1.29 is 17.9 Å². The standard InChI is InChI=1S/C11H9F3N2OS/c12-11(13,14)17-8-3-4-10(15-6-8)16-7-9-2-1-5-18-9/h1-6H,7H2,(H,15,16). The second-order valence-electron chi connectivity index (χ2n) is 3.36. The molecule has 0 spiro atoms. The first-order valence-corrected chi connectivity index (χ1v) is 5.89. The lowest BCUT2D eigenvalue weighted by Crippen LogP contribution is -2.17. The molecule has 0 bridgehead atoms. The van der Waals surface area contributed by atoms with Gasteiger partial charge in [0.1, 0.15) is 11.6 Å². The van der Waals surface area contributed by atoms with Crippen molar-refractivity contribution in [2.45, 2.75) is 12.9 Å². The smallest absolute Gasteiger partial charge is 0.404 e. The van der Waals surface area contributed by atoms with Crippen molar-refractivity contribution in [2.75, 3.05) is 5.32 Å². The van der Waals surface area contributed by atoms with Crippen LogP contribution in [-0.4, -0.2) is 11.3 Å². The van der Waals surface area contributed by atoms with Crippen molar-refractivity contribution in [3.63, 3.8) is 0 Å². The van der Waals surface area contributed by atoms with Crippen LogP contribution < -0.4 is 10.1 Å². The Morgan fingerprint density at radius 3 is 2.67 bits per heavy atom. The van der Waals surface area contributed by atoms with Crippen LogP contribution in [0.25, 0.3) is 0 Å². The molecule has 2 aromatic heterocycles. The van der Waals surface area contributed by atoms with Gasteiger partial charge >= 0.3 is 6.36 Å². The van der Waals surface area contributed by atoms with E-state index in [2.05, 4.69) is 15.0 Å². The number of rotatable bonds is 4. The number of nitrogens with one attached hydrogen (secondary N) is 1. The van der Waals surface area contributed by atoms with Gasteiger partial charge in [0.15, 0.2) is 0 Å². The van der Waals surface area contributed by atoms with E-state index in [1.807, 2.05) is 17.5 Å². The third kappa shape index (κ3) is 3.92. The average molecular weight is 274 g/mol. The van der Waals surface area contributed by atoms with Gasteiger partial charge in [-0.1, -0.05) is 6.07 Å². The zero-order valence-electron chi connectivity index (χ0n) is 9.07. The van der Waals surface area contributed by atoms with Crippen molar-refractivity contribution >= 4 is 17.2 Å². The number of ether oxygens (including phenoxy) is 1. The Labute approximate surface area is 105 Å². The summed E-state index contributed by atoms with van der Waals surface area (Å²) in [5.41, 5.74) is 0. The van der Waals surface area contributed by atoms with E-state index < -0.39 is 6.36 Å². The molecule has 0 aliphatic rings. The maximum atomic E-state index is 11.9. The Kier molecular flexibility index (Phi) is 3.71. The Hall–Kier alpha value is -1.76. The van der Waals surface area contributed by atoms with Gasteiger partial charge in [0.05, 0.1) is 12.7 Å². The molecule has 0 fully saturated rings. The van der Waals surface area contributed by atoms with Gasteiger partial charge in [0.25, 0.3) is 0 Å². The summed E-state index contributed by atoms with van der Waals surface area (Å²) in [6.45, 7) is 0.587. The number of pyridine rings is 1. The molecule has 0 aliphatic heterocycles. The van der Waals surface area contributed by atoms with Gasteiger partial charge in [-0.3, -0.25) is 0 Å². The summed E-state index contributed by atoms with van der Waals surface area (Å²) in [6.07, 6.45) is -3.65. The lowest BCUT2D eigenvalue weighted by Gasteiger charge is -2.09. The number of thiophene rings is 1. The molecule has 0 amide bonds. The van der Waals surface area contributed by atoms with Gasteiger partial charge in [-0.05, 0) is 23.6 Å². The molecule has 2 heterocycles. The zero-order valence-corrected chi connectivity index (χ0v) is 9.89. The predicted octanol–water partition coefficient (Wildman–Crippen LogP) is 3.65. The summed E-state index contributed by atoms with van der Waals surface area (Å²) in [5.74, 6) is 0.169. The van der Waals surface area contributed by atoms with E-state index in [4.69, 9.17) is 0 Å². The van der Waals surface area contributed by atoms with Crippen molar-refractivity contribution in [1.29, 1.82) is 0 Å². The summed E-state index contributed by atoms with van der Waals surface area (Å²) < 4.78 is 39.5. The Morgan fingerprint density at radius 2 is 2.11 bits per heavy atom. The van der Waals surface area contributed by atoms with Crippen LogP contribution in [0.15, 0.2) is 35.8 Å². The summed E-state index contributed by atoms with van der Waals surface area (Å²) in [7, 11) is 0. The fourth-order valence-corrected chi connectivity index (χ4v) is 1.91. The SMILES string of the molecule is FC(F)(F)Oc1ccc(NCc2cccs2)nc1. The van der Waals surface area contributed by atoms with Gasteiger partial charge in [-0.2, -0.15) is 0 Å². The normalized spacial score (nSPS) is 11.3. The molecule has 1 N–H and O–H groups in total. The summed E-state index contributed by atoms with van der Waals surface area (Å²) in [5, 5.41) is 4.95. The van der Waals surface area contributed by atoms with Gasteiger partial charge in [-0.25, -0.2) is 4.98 Å². The molecule has 3 nitrogen and oxygen atoms in total.